The molecule has 5 heteroatoms. The number of rotatable bonds is 3. The van der Waals surface area contributed by atoms with Gasteiger partial charge in [0, 0.05) is 18.2 Å². The molecule has 0 fully saturated rings. The summed E-state index contributed by atoms with van der Waals surface area (Å²) in [4.78, 5) is 4.07. The first-order valence-electron chi connectivity index (χ1n) is 4.84. The molecule has 0 unspecified atom stereocenters. The molecule has 0 radical (unpaired) electrons. The highest BCUT2D eigenvalue weighted by molar-refractivity contribution is 5.45. The van der Waals surface area contributed by atoms with E-state index in [9.17, 15) is 0 Å². The lowest BCUT2D eigenvalue weighted by atomic mass is 10.3. The van der Waals surface area contributed by atoms with Crippen LogP contribution in [0.2, 0.25) is 0 Å². The maximum absolute atomic E-state index is 5.18. The summed E-state index contributed by atoms with van der Waals surface area (Å²) in [6.45, 7) is 1.84. The molecule has 1 aromatic carbocycles. The van der Waals surface area contributed by atoms with Crippen molar-refractivity contribution >= 4 is 0 Å². The molecule has 84 valence electrons. The fourth-order valence-electron chi connectivity index (χ4n) is 1.39. The third-order valence-corrected chi connectivity index (χ3v) is 2.21. The Hall–Kier alpha value is -2.04. The second kappa shape index (κ2) is 4.22. The van der Waals surface area contributed by atoms with Crippen LogP contribution >= 0.6 is 0 Å². The van der Waals surface area contributed by atoms with Gasteiger partial charge >= 0.3 is 0 Å². The summed E-state index contributed by atoms with van der Waals surface area (Å²) in [5.41, 5.74) is 0.858. The molecule has 0 spiro atoms. The molecule has 0 saturated heterocycles. The van der Waals surface area contributed by atoms with Crippen LogP contribution in [0.15, 0.2) is 24.5 Å². The molecule has 0 saturated carbocycles. The van der Waals surface area contributed by atoms with E-state index in [0.717, 1.165) is 23.0 Å². The molecule has 1 heterocycles. The number of benzene rings is 1. The van der Waals surface area contributed by atoms with Gasteiger partial charge in [0.15, 0.2) is 0 Å². The monoisotopic (exact) mass is 219 g/mol. The molecule has 2 rings (SSSR count). The Bertz CT molecular complexity index is 471. The number of hydrogen-bond acceptors (Lipinski definition) is 4. The van der Waals surface area contributed by atoms with Crippen molar-refractivity contribution in [2.45, 2.75) is 6.92 Å². The summed E-state index contributed by atoms with van der Waals surface area (Å²) < 4.78 is 12.0. The molecular formula is C11H13N3O2. The van der Waals surface area contributed by atoms with Gasteiger partial charge in [-0.1, -0.05) is 0 Å². The number of hydrogen-bond donors (Lipinski definition) is 0. The zero-order valence-electron chi connectivity index (χ0n) is 9.47. The Morgan fingerprint density at radius 3 is 2.12 bits per heavy atom. The molecule has 0 amide bonds. The van der Waals surface area contributed by atoms with E-state index in [4.69, 9.17) is 9.47 Å². The van der Waals surface area contributed by atoms with E-state index in [2.05, 4.69) is 10.1 Å². The second-order valence-corrected chi connectivity index (χ2v) is 3.31. The first-order chi connectivity index (χ1) is 7.72. The van der Waals surface area contributed by atoms with Crippen LogP contribution in [-0.2, 0) is 0 Å². The van der Waals surface area contributed by atoms with Crippen LogP contribution < -0.4 is 9.47 Å². The smallest absolute Gasteiger partial charge is 0.147 e. The van der Waals surface area contributed by atoms with E-state index >= 15 is 0 Å². The summed E-state index contributed by atoms with van der Waals surface area (Å²) in [5.74, 6) is 2.17. The SMILES string of the molecule is COc1cc(OC)cc(-n2cnc(C)n2)c1. The zero-order valence-corrected chi connectivity index (χ0v) is 9.47. The van der Waals surface area contributed by atoms with Gasteiger partial charge in [0.05, 0.1) is 19.9 Å². The summed E-state index contributed by atoms with van der Waals surface area (Å²) in [6.07, 6.45) is 1.66. The van der Waals surface area contributed by atoms with Crippen molar-refractivity contribution in [2.75, 3.05) is 14.2 Å². The summed E-state index contributed by atoms with van der Waals surface area (Å²) >= 11 is 0. The Morgan fingerprint density at radius 1 is 1.06 bits per heavy atom. The van der Waals surface area contributed by atoms with Gasteiger partial charge in [-0.2, -0.15) is 5.10 Å². The second-order valence-electron chi connectivity index (χ2n) is 3.31. The van der Waals surface area contributed by atoms with Crippen molar-refractivity contribution in [1.29, 1.82) is 0 Å². The van der Waals surface area contributed by atoms with Gasteiger partial charge in [0.2, 0.25) is 0 Å². The average Bonchev–Trinajstić information content (AvgIpc) is 2.75. The highest BCUT2D eigenvalue weighted by Crippen LogP contribution is 2.24. The molecule has 0 atom stereocenters. The zero-order chi connectivity index (χ0) is 11.5. The van der Waals surface area contributed by atoms with Crippen LogP contribution in [0.25, 0.3) is 5.69 Å². The fraction of sp³-hybridized carbons (Fsp3) is 0.273. The van der Waals surface area contributed by atoms with Crippen LogP contribution in [0, 0.1) is 6.92 Å². The standard InChI is InChI=1S/C11H13N3O2/c1-8-12-7-14(13-8)9-4-10(15-2)6-11(5-9)16-3/h4-7H,1-3H3. The average molecular weight is 219 g/mol. The highest BCUT2D eigenvalue weighted by atomic mass is 16.5. The van der Waals surface area contributed by atoms with Crippen molar-refractivity contribution in [3.8, 4) is 17.2 Å². The predicted molar refractivity (Wildman–Crippen MR) is 59.2 cm³/mol. The fourth-order valence-corrected chi connectivity index (χ4v) is 1.39. The Balaban J connectivity index is 2.47. The van der Waals surface area contributed by atoms with E-state index in [0.29, 0.717) is 0 Å². The molecule has 16 heavy (non-hydrogen) atoms. The molecule has 0 N–H and O–H groups in total. The van der Waals surface area contributed by atoms with Gasteiger partial charge in [-0.15, -0.1) is 0 Å². The van der Waals surface area contributed by atoms with E-state index in [1.165, 1.54) is 0 Å². The van der Waals surface area contributed by atoms with Crippen molar-refractivity contribution in [2.24, 2.45) is 0 Å². The van der Waals surface area contributed by atoms with Crippen molar-refractivity contribution in [1.82, 2.24) is 14.8 Å². The molecule has 1 aromatic heterocycles. The van der Waals surface area contributed by atoms with Crippen molar-refractivity contribution in [3.05, 3.63) is 30.4 Å². The van der Waals surface area contributed by atoms with Gasteiger partial charge in [0.25, 0.3) is 0 Å². The number of ether oxygens (including phenoxy) is 2. The number of aromatic nitrogens is 3. The molecule has 5 nitrogen and oxygen atoms in total. The normalized spacial score (nSPS) is 10.2. The lowest BCUT2D eigenvalue weighted by molar-refractivity contribution is 0.394. The predicted octanol–water partition coefficient (Wildman–Crippen LogP) is 1.59. The van der Waals surface area contributed by atoms with E-state index in [1.807, 2.05) is 25.1 Å². The lowest BCUT2D eigenvalue weighted by Gasteiger charge is -2.07. The lowest BCUT2D eigenvalue weighted by Crippen LogP contribution is -1.97. The van der Waals surface area contributed by atoms with Crippen LogP contribution in [0.1, 0.15) is 5.82 Å². The summed E-state index contributed by atoms with van der Waals surface area (Å²) in [5, 5.41) is 4.23. The molecule has 0 aliphatic heterocycles. The Kier molecular flexibility index (Phi) is 2.76. The summed E-state index contributed by atoms with van der Waals surface area (Å²) in [6, 6.07) is 5.56. The Labute approximate surface area is 93.6 Å². The largest absolute Gasteiger partial charge is 0.497 e. The molecule has 0 aliphatic rings. The highest BCUT2D eigenvalue weighted by Gasteiger charge is 2.04. The van der Waals surface area contributed by atoms with E-state index in [1.54, 1.807) is 25.2 Å². The van der Waals surface area contributed by atoms with Crippen molar-refractivity contribution in [3.63, 3.8) is 0 Å². The third-order valence-electron chi connectivity index (χ3n) is 2.21. The topological polar surface area (TPSA) is 49.2 Å². The maximum Gasteiger partial charge on any atom is 0.147 e. The minimum Gasteiger partial charge on any atom is -0.497 e. The van der Waals surface area contributed by atoms with Crippen LogP contribution in [-0.4, -0.2) is 29.0 Å². The first kappa shape index (κ1) is 10.5. The minimum atomic E-state index is 0.724. The van der Waals surface area contributed by atoms with Crippen molar-refractivity contribution < 1.29 is 9.47 Å². The quantitative estimate of drug-likeness (QED) is 0.786. The van der Waals surface area contributed by atoms with E-state index in [-0.39, 0.29) is 0 Å². The third kappa shape index (κ3) is 1.98. The van der Waals surface area contributed by atoms with Gasteiger partial charge in [0.1, 0.15) is 23.7 Å². The van der Waals surface area contributed by atoms with Gasteiger partial charge in [-0.25, -0.2) is 9.67 Å². The number of nitrogens with zero attached hydrogens (tertiary/aromatic N) is 3. The van der Waals surface area contributed by atoms with Gasteiger partial charge in [-0.3, -0.25) is 0 Å². The van der Waals surface area contributed by atoms with Crippen LogP contribution in [0.4, 0.5) is 0 Å². The molecule has 0 bridgehead atoms. The maximum atomic E-state index is 5.18. The van der Waals surface area contributed by atoms with Gasteiger partial charge < -0.3 is 9.47 Å². The van der Waals surface area contributed by atoms with Crippen LogP contribution in [0.3, 0.4) is 0 Å². The van der Waals surface area contributed by atoms with Crippen LogP contribution in [0.5, 0.6) is 11.5 Å². The first-order valence-corrected chi connectivity index (χ1v) is 4.84. The molecule has 2 aromatic rings. The molecular weight excluding hydrogens is 206 g/mol. The number of aryl methyl sites for hydroxylation is 1. The summed E-state index contributed by atoms with van der Waals surface area (Å²) in [7, 11) is 3.23. The Morgan fingerprint density at radius 2 is 1.69 bits per heavy atom. The van der Waals surface area contributed by atoms with Gasteiger partial charge in [-0.05, 0) is 6.92 Å². The van der Waals surface area contributed by atoms with E-state index < -0.39 is 0 Å². The molecule has 0 aliphatic carbocycles. The minimum absolute atomic E-state index is 0.724. The number of methoxy groups -OCH3 is 2.